The molecule has 1 aromatic heterocycles. The number of hydrogen-bond donors (Lipinski definition) is 1. The van der Waals surface area contributed by atoms with Crippen molar-refractivity contribution in [1.29, 1.82) is 0 Å². The molecule has 4 nitrogen and oxygen atoms in total. The van der Waals surface area contributed by atoms with Gasteiger partial charge in [0.15, 0.2) is 0 Å². The molecule has 23 heavy (non-hydrogen) atoms. The number of rotatable bonds is 3. The highest BCUT2D eigenvalue weighted by atomic mass is 16.2. The number of para-hydroxylation sites is 1. The number of nitrogens with one attached hydrogen (secondary N) is 1. The Morgan fingerprint density at radius 3 is 2.52 bits per heavy atom. The van der Waals surface area contributed by atoms with Crippen molar-refractivity contribution >= 4 is 16.8 Å². The highest BCUT2D eigenvalue weighted by molar-refractivity contribution is 6.06. The van der Waals surface area contributed by atoms with Crippen LogP contribution in [0.4, 0.5) is 0 Å². The molecular weight excluding hydrogens is 288 g/mol. The van der Waals surface area contributed by atoms with Crippen LogP contribution in [0, 0.1) is 6.92 Å². The first-order valence-electron chi connectivity index (χ1n) is 7.49. The molecule has 0 saturated carbocycles. The van der Waals surface area contributed by atoms with Gasteiger partial charge in [0, 0.05) is 25.0 Å². The Labute approximate surface area is 134 Å². The minimum atomic E-state index is -0.237. The monoisotopic (exact) mass is 306 g/mol. The summed E-state index contributed by atoms with van der Waals surface area (Å²) >= 11 is 0. The van der Waals surface area contributed by atoms with Crippen LogP contribution in [-0.4, -0.2) is 10.5 Å². The average Bonchev–Trinajstić information content (AvgIpc) is 2.57. The molecule has 0 aliphatic rings. The Morgan fingerprint density at radius 1 is 1.09 bits per heavy atom. The molecule has 3 rings (SSSR count). The third kappa shape index (κ3) is 3.01. The molecule has 0 aliphatic heterocycles. The summed E-state index contributed by atoms with van der Waals surface area (Å²) < 4.78 is 1.55. The van der Waals surface area contributed by atoms with E-state index in [9.17, 15) is 9.59 Å². The topological polar surface area (TPSA) is 51.1 Å². The van der Waals surface area contributed by atoms with Gasteiger partial charge in [0.1, 0.15) is 0 Å². The Morgan fingerprint density at radius 2 is 1.78 bits per heavy atom. The highest BCUT2D eigenvalue weighted by Gasteiger charge is 2.13. The lowest BCUT2D eigenvalue weighted by molar-refractivity contribution is 0.0952. The zero-order valence-electron chi connectivity index (χ0n) is 13.2. The smallest absolute Gasteiger partial charge is 0.252 e. The van der Waals surface area contributed by atoms with Gasteiger partial charge in [-0.2, -0.15) is 0 Å². The number of nitrogens with zero attached hydrogens (tertiary/aromatic N) is 1. The van der Waals surface area contributed by atoms with Crippen molar-refractivity contribution in [2.75, 3.05) is 0 Å². The van der Waals surface area contributed by atoms with Gasteiger partial charge in [-0.25, -0.2) is 0 Å². The predicted molar refractivity (Wildman–Crippen MR) is 91.5 cm³/mol. The number of fused-ring (bicyclic) bond motifs is 1. The van der Waals surface area contributed by atoms with E-state index in [1.807, 2.05) is 55.5 Å². The fourth-order valence-corrected chi connectivity index (χ4v) is 2.58. The standard InChI is InChI=1S/C19H18N2O2/c1-13-7-9-14(10-8-13)12-20-19(23)16-11-18(22)21(2)17-6-4-3-5-15(16)17/h3-11H,12H2,1-2H3,(H,20,23). The summed E-state index contributed by atoms with van der Waals surface area (Å²) in [6, 6.07) is 16.8. The first-order valence-corrected chi connectivity index (χ1v) is 7.49. The summed E-state index contributed by atoms with van der Waals surface area (Å²) in [4.78, 5) is 24.6. The second kappa shape index (κ2) is 6.08. The summed E-state index contributed by atoms with van der Waals surface area (Å²) in [6.45, 7) is 2.46. The van der Waals surface area contributed by atoms with Gasteiger partial charge in [0.05, 0.1) is 11.1 Å². The fraction of sp³-hybridized carbons (Fsp3) is 0.158. The maximum Gasteiger partial charge on any atom is 0.252 e. The van der Waals surface area contributed by atoms with Gasteiger partial charge in [-0.05, 0) is 18.6 Å². The first kappa shape index (κ1) is 15.0. The summed E-state index contributed by atoms with van der Waals surface area (Å²) in [5.74, 6) is -0.237. The van der Waals surface area contributed by atoms with E-state index in [0.717, 1.165) is 16.5 Å². The number of aryl methyl sites for hydroxylation is 2. The van der Waals surface area contributed by atoms with E-state index < -0.39 is 0 Å². The lowest BCUT2D eigenvalue weighted by Gasteiger charge is -2.10. The number of carbonyl (C=O) groups is 1. The van der Waals surface area contributed by atoms with Crippen LogP contribution in [0.2, 0.25) is 0 Å². The van der Waals surface area contributed by atoms with Gasteiger partial charge in [0.25, 0.3) is 11.5 Å². The first-order chi connectivity index (χ1) is 11.1. The van der Waals surface area contributed by atoms with Crippen LogP contribution in [0.25, 0.3) is 10.9 Å². The molecule has 0 atom stereocenters. The molecule has 0 spiro atoms. The number of carbonyl (C=O) groups excluding carboxylic acids is 1. The number of benzene rings is 2. The number of hydrogen-bond acceptors (Lipinski definition) is 2. The Bertz CT molecular complexity index is 924. The average molecular weight is 306 g/mol. The third-order valence-corrected chi connectivity index (χ3v) is 3.97. The van der Waals surface area contributed by atoms with E-state index in [1.54, 1.807) is 11.6 Å². The van der Waals surface area contributed by atoms with Gasteiger partial charge in [0.2, 0.25) is 0 Å². The molecule has 0 aliphatic carbocycles. The normalized spacial score (nSPS) is 10.7. The van der Waals surface area contributed by atoms with Gasteiger partial charge in [-0.3, -0.25) is 9.59 Å². The number of aromatic nitrogens is 1. The van der Waals surface area contributed by atoms with Crippen molar-refractivity contribution < 1.29 is 4.79 Å². The molecule has 0 fully saturated rings. The lowest BCUT2D eigenvalue weighted by Crippen LogP contribution is -2.26. The van der Waals surface area contributed by atoms with Crippen LogP contribution >= 0.6 is 0 Å². The van der Waals surface area contributed by atoms with Gasteiger partial charge in [-0.15, -0.1) is 0 Å². The molecule has 0 bridgehead atoms. The lowest BCUT2D eigenvalue weighted by atomic mass is 10.1. The molecular formula is C19H18N2O2. The van der Waals surface area contributed by atoms with Crippen molar-refractivity contribution in [3.05, 3.63) is 81.6 Å². The maximum atomic E-state index is 12.5. The van der Waals surface area contributed by atoms with Crippen molar-refractivity contribution in [2.24, 2.45) is 7.05 Å². The molecule has 0 unspecified atom stereocenters. The van der Waals surface area contributed by atoms with Gasteiger partial charge in [-0.1, -0.05) is 48.0 Å². The van der Waals surface area contributed by atoms with Crippen LogP contribution in [0.1, 0.15) is 21.5 Å². The summed E-state index contributed by atoms with van der Waals surface area (Å²) in [7, 11) is 1.71. The minimum Gasteiger partial charge on any atom is -0.348 e. The van der Waals surface area contributed by atoms with Crippen LogP contribution in [-0.2, 0) is 13.6 Å². The summed E-state index contributed by atoms with van der Waals surface area (Å²) in [5.41, 5.74) is 3.18. The summed E-state index contributed by atoms with van der Waals surface area (Å²) in [5, 5.41) is 3.66. The second-order valence-corrected chi connectivity index (χ2v) is 5.64. The maximum absolute atomic E-state index is 12.5. The fourth-order valence-electron chi connectivity index (χ4n) is 2.58. The Hall–Kier alpha value is -2.88. The molecule has 0 radical (unpaired) electrons. The Balaban J connectivity index is 1.90. The van der Waals surface area contributed by atoms with Crippen molar-refractivity contribution in [2.45, 2.75) is 13.5 Å². The Kier molecular flexibility index (Phi) is 3.98. The van der Waals surface area contributed by atoms with Crippen molar-refractivity contribution in [3.63, 3.8) is 0 Å². The minimum absolute atomic E-state index is 0.191. The van der Waals surface area contributed by atoms with Gasteiger partial charge < -0.3 is 9.88 Å². The highest BCUT2D eigenvalue weighted by Crippen LogP contribution is 2.16. The number of pyridine rings is 1. The van der Waals surface area contributed by atoms with Crippen molar-refractivity contribution in [3.8, 4) is 0 Å². The third-order valence-electron chi connectivity index (χ3n) is 3.97. The van der Waals surface area contributed by atoms with Crippen LogP contribution < -0.4 is 10.9 Å². The van der Waals surface area contributed by atoms with Crippen molar-refractivity contribution in [1.82, 2.24) is 9.88 Å². The van der Waals surface area contributed by atoms with E-state index in [2.05, 4.69) is 5.32 Å². The molecule has 1 N–H and O–H groups in total. The van der Waals surface area contributed by atoms with E-state index in [4.69, 9.17) is 0 Å². The van der Waals surface area contributed by atoms with E-state index in [1.165, 1.54) is 11.6 Å². The molecule has 4 heteroatoms. The molecule has 2 aromatic carbocycles. The van der Waals surface area contributed by atoms with Crippen LogP contribution in [0.3, 0.4) is 0 Å². The zero-order chi connectivity index (χ0) is 16.4. The quantitative estimate of drug-likeness (QED) is 0.809. The predicted octanol–water partition coefficient (Wildman–Crippen LogP) is 2.78. The molecule has 3 aromatic rings. The molecule has 1 heterocycles. The number of amides is 1. The molecule has 1 amide bonds. The summed E-state index contributed by atoms with van der Waals surface area (Å²) in [6.07, 6.45) is 0. The van der Waals surface area contributed by atoms with E-state index in [-0.39, 0.29) is 11.5 Å². The van der Waals surface area contributed by atoms with E-state index >= 15 is 0 Å². The largest absolute Gasteiger partial charge is 0.348 e. The molecule has 116 valence electrons. The molecule has 0 saturated heterocycles. The zero-order valence-corrected chi connectivity index (χ0v) is 13.2. The van der Waals surface area contributed by atoms with Crippen LogP contribution in [0.15, 0.2) is 59.4 Å². The van der Waals surface area contributed by atoms with E-state index in [0.29, 0.717) is 12.1 Å². The van der Waals surface area contributed by atoms with Gasteiger partial charge >= 0.3 is 0 Å². The second-order valence-electron chi connectivity index (χ2n) is 5.64. The van der Waals surface area contributed by atoms with Crippen LogP contribution in [0.5, 0.6) is 0 Å². The SMILES string of the molecule is Cc1ccc(CNC(=O)c2cc(=O)n(C)c3ccccc23)cc1.